The van der Waals surface area contributed by atoms with Crippen molar-refractivity contribution >= 4 is 5.78 Å². The number of carbonyl (C=O) groups excluding carboxylic acids is 1. The van der Waals surface area contributed by atoms with E-state index in [9.17, 15) is 4.79 Å². The van der Waals surface area contributed by atoms with Crippen LogP contribution < -0.4 is 11.5 Å². The third-order valence-electron chi connectivity index (χ3n) is 2.10. The molecule has 0 aromatic carbocycles. The molecule has 0 unspecified atom stereocenters. The van der Waals surface area contributed by atoms with E-state index < -0.39 is 0 Å². The minimum absolute atomic E-state index is 0.000183. The smallest absolute Gasteiger partial charge is 0.146 e. The summed E-state index contributed by atoms with van der Waals surface area (Å²) in [6.45, 7) is 7.16. The van der Waals surface area contributed by atoms with Crippen LogP contribution in [0.2, 0.25) is 0 Å². The first kappa shape index (κ1) is 13.1. The van der Waals surface area contributed by atoms with E-state index in [4.69, 9.17) is 11.5 Å². The zero-order valence-electron chi connectivity index (χ0n) is 8.99. The Labute approximate surface area is 85.9 Å². The molecule has 0 aromatic heterocycles. The van der Waals surface area contributed by atoms with E-state index in [1.807, 2.05) is 19.1 Å². The molecule has 0 aromatic rings. The Morgan fingerprint density at radius 3 is 2.00 bits per heavy atom. The Kier molecular flexibility index (Phi) is 6.08. The van der Waals surface area contributed by atoms with Crippen LogP contribution in [0.15, 0.2) is 24.3 Å². The summed E-state index contributed by atoms with van der Waals surface area (Å²) in [4.78, 5) is 10.8. The van der Waals surface area contributed by atoms with Crippen molar-refractivity contribution in [1.29, 1.82) is 0 Å². The minimum Gasteiger partial charge on any atom is -0.324 e. The first-order chi connectivity index (χ1) is 6.45. The lowest BCUT2D eigenvalue weighted by Gasteiger charge is -2.07. The van der Waals surface area contributed by atoms with E-state index >= 15 is 0 Å². The molecule has 0 aliphatic rings. The molecule has 3 heteroatoms. The van der Waals surface area contributed by atoms with Gasteiger partial charge in [-0.1, -0.05) is 24.3 Å². The number of hydrogen-bond donors (Lipinski definition) is 2. The molecule has 3 nitrogen and oxygen atoms in total. The van der Waals surface area contributed by atoms with Crippen LogP contribution in [0.4, 0.5) is 0 Å². The van der Waals surface area contributed by atoms with Gasteiger partial charge in [-0.2, -0.15) is 0 Å². The van der Waals surface area contributed by atoms with Crippen molar-refractivity contribution in [3.63, 3.8) is 0 Å². The molecule has 0 aliphatic carbocycles. The van der Waals surface area contributed by atoms with Crippen LogP contribution in [-0.2, 0) is 4.79 Å². The predicted octanol–water partition coefficient (Wildman–Crippen LogP) is 1.14. The Morgan fingerprint density at radius 1 is 1.21 bits per heavy atom. The van der Waals surface area contributed by atoms with Crippen LogP contribution in [0.25, 0.3) is 0 Å². The molecule has 0 saturated carbocycles. The Bertz CT molecular complexity index is 209. The van der Waals surface area contributed by atoms with E-state index in [0.717, 1.165) is 12.0 Å². The summed E-state index contributed by atoms with van der Waals surface area (Å²) in [5.74, 6) is 0.0128. The maximum atomic E-state index is 10.8. The van der Waals surface area contributed by atoms with Gasteiger partial charge in [-0.3, -0.25) is 4.79 Å². The van der Waals surface area contributed by atoms with Crippen LogP contribution in [-0.4, -0.2) is 17.9 Å². The number of hydrogen-bond acceptors (Lipinski definition) is 3. The van der Waals surface area contributed by atoms with Crippen molar-refractivity contribution in [3.8, 4) is 0 Å². The highest BCUT2D eigenvalue weighted by molar-refractivity contribution is 5.81. The molecular formula is C11H20N2O. The highest BCUT2D eigenvalue weighted by Crippen LogP contribution is 2.01. The lowest BCUT2D eigenvalue weighted by atomic mass is 10.1. The first-order valence-corrected chi connectivity index (χ1v) is 4.77. The van der Waals surface area contributed by atoms with Gasteiger partial charge < -0.3 is 11.5 Å². The number of rotatable bonds is 6. The fourth-order valence-corrected chi connectivity index (χ4v) is 0.853. The van der Waals surface area contributed by atoms with Crippen molar-refractivity contribution < 1.29 is 4.79 Å². The minimum atomic E-state index is -0.382. The van der Waals surface area contributed by atoms with Gasteiger partial charge in [0.15, 0.2) is 0 Å². The van der Waals surface area contributed by atoms with Gasteiger partial charge in [-0.25, -0.2) is 0 Å². The molecule has 0 fully saturated rings. The number of carbonyl (C=O) groups is 1. The third-order valence-corrected chi connectivity index (χ3v) is 2.10. The number of ketones is 1. The standard InChI is InChI=1S/C11H20N2O/c1-8(2)10(12)6-4-5-7-11(13)9(3)14/h4-5,10-11H,1,6-7,12-13H2,2-3H3/b5-4+/t10-,11-/m0/s1. The summed E-state index contributed by atoms with van der Waals surface area (Å²) in [5.41, 5.74) is 12.3. The zero-order valence-corrected chi connectivity index (χ0v) is 8.99. The molecule has 0 aliphatic heterocycles. The highest BCUT2D eigenvalue weighted by atomic mass is 16.1. The molecule has 0 radical (unpaired) electrons. The Balaban J connectivity index is 3.74. The highest BCUT2D eigenvalue weighted by Gasteiger charge is 2.04. The topological polar surface area (TPSA) is 69.1 Å². The quantitative estimate of drug-likeness (QED) is 0.626. The molecule has 0 rings (SSSR count). The second kappa shape index (κ2) is 6.51. The van der Waals surface area contributed by atoms with Gasteiger partial charge in [0.1, 0.15) is 5.78 Å². The molecular weight excluding hydrogens is 176 g/mol. The summed E-state index contributed by atoms with van der Waals surface area (Å²) in [6, 6.07) is -0.382. The van der Waals surface area contributed by atoms with Crippen molar-refractivity contribution in [1.82, 2.24) is 0 Å². The van der Waals surface area contributed by atoms with Gasteiger partial charge in [0.05, 0.1) is 6.04 Å². The molecule has 2 atom stereocenters. The zero-order chi connectivity index (χ0) is 11.1. The molecule has 14 heavy (non-hydrogen) atoms. The normalized spacial score (nSPS) is 15.4. The Morgan fingerprint density at radius 2 is 1.64 bits per heavy atom. The SMILES string of the molecule is C=C(C)[C@@H](N)C/C=C/C[C@H](N)C(C)=O. The second-order valence-electron chi connectivity index (χ2n) is 3.61. The van der Waals surface area contributed by atoms with E-state index in [-0.39, 0.29) is 17.9 Å². The monoisotopic (exact) mass is 196 g/mol. The van der Waals surface area contributed by atoms with Crippen molar-refractivity contribution in [2.45, 2.75) is 38.8 Å². The van der Waals surface area contributed by atoms with Crippen LogP contribution >= 0.6 is 0 Å². The van der Waals surface area contributed by atoms with Crippen molar-refractivity contribution in [2.24, 2.45) is 11.5 Å². The summed E-state index contributed by atoms with van der Waals surface area (Å²) >= 11 is 0. The predicted molar refractivity (Wildman–Crippen MR) is 59.8 cm³/mol. The second-order valence-corrected chi connectivity index (χ2v) is 3.61. The van der Waals surface area contributed by atoms with Crippen LogP contribution in [0.1, 0.15) is 26.7 Å². The van der Waals surface area contributed by atoms with Crippen LogP contribution in [0, 0.1) is 0 Å². The van der Waals surface area contributed by atoms with Crippen molar-refractivity contribution in [2.75, 3.05) is 0 Å². The lowest BCUT2D eigenvalue weighted by Crippen LogP contribution is -2.27. The largest absolute Gasteiger partial charge is 0.324 e. The van der Waals surface area contributed by atoms with Gasteiger partial charge in [0.2, 0.25) is 0 Å². The fraction of sp³-hybridized carbons (Fsp3) is 0.545. The van der Waals surface area contributed by atoms with Gasteiger partial charge in [0, 0.05) is 6.04 Å². The fourth-order valence-electron chi connectivity index (χ4n) is 0.853. The molecule has 80 valence electrons. The molecule has 0 saturated heterocycles. The summed E-state index contributed by atoms with van der Waals surface area (Å²) < 4.78 is 0. The number of nitrogens with two attached hydrogens (primary N) is 2. The van der Waals surface area contributed by atoms with Gasteiger partial charge in [-0.15, -0.1) is 0 Å². The van der Waals surface area contributed by atoms with Gasteiger partial charge >= 0.3 is 0 Å². The van der Waals surface area contributed by atoms with Gasteiger partial charge in [-0.05, 0) is 26.7 Å². The van der Waals surface area contributed by atoms with Crippen LogP contribution in [0.3, 0.4) is 0 Å². The lowest BCUT2D eigenvalue weighted by molar-refractivity contribution is -0.118. The molecule has 0 heterocycles. The average Bonchev–Trinajstić information content (AvgIpc) is 2.11. The number of Topliss-reactive ketones (excluding diaryl/α,β-unsaturated/α-hetero) is 1. The van der Waals surface area contributed by atoms with Crippen LogP contribution in [0.5, 0.6) is 0 Å². The summed E-state index contributed by atoms with van der Waals surface area (Å²) in [6.07, 6.45) is 5.18. The van der Waals surface area contributed by atoms with Crippen molar-refractivity contribution in [3.05, 3.63) is 24.3 Å². The maximum Gasteiger partial charge on any atom is 0.146 e. The molecule has 0 spiro atoms. The third kappa shape index (κ3) is 5.67. The molecule has 0 bridgehead atoms. The van der Waals surface area contributed by atoms with E-state index in [2.05, 4.69) is 6.58 Å². The Hall–Kier alpha value is -0.930. The summed E-state index contributed by atoms with van der Waals surface area (Å²) in [5, 5.41) is 0. The molecule has 0 amide bonds. The first-order valence-electron chi connectivity index (χ1n) is 4.77. The molecule has 4 N–H and O–H groups in total. The average molecular weight is 196 g/mol. The van der Waals surface area contributed by atoms with E-state index in [1.54, 1.807) is 0 Å². The van der Waals surface area contributed by atoms with Gasteiger partial charge in [0.25, 0.3) is 0 Å². The van der Waals surface area contributed by atoms with E-state index in [1.165, 1.54) is 6.92 Å². The van der Waals surface area contributed by atoms with E-state index in [0.29, 0.717) is 6.42 Å². The maximum absolute atomic E-state index is 10.8. The summed E-state index contributed by atoms with van der Waals surface area (Å²) in [7, 11) is 0.